The molecule has 0 bridgehead atoms. The molecule has 0 aromatic carbocycles. The normalized spacial score (nSPS) is 42.5. The summed E-state index contributed by atoms with van der Waals surface area (Å²) < 4.78 is 0. The van der Waals surface area contributed by atoms with Crippen LogP contribution in [0.25, 0.3) is 0 Å². The molecule has 0 spiro atoms. The monoisotopic (exact) mass is 338 g/mol. The molecule has 0 aliphatic heterocycles. The van der Waals surface area contributed by atoms with Crippen LogP contribution in [-0.2, 0) is 4.79 Å². The molecule has 0 amide bonds. The number of fused-ring (bicyclic) bond motifs is 1. The summed E-state index contributed by atoms with van der Waals surface area (Å²) in [6, 6.07) is 0. The minimum atomic E-state index is -0.916. The van der Waals surface area contributed by atoms with Crippen LogP contribution in [0.5, 0.6) is 0 Å². The number of carboxylic acids is 1. The van der Waals surface area contributed by atoms with Crippen molar-refractivity contribution in [3.05, 3.63) is 11.6 Å². The smallest absolute Gasteiger partial charge is 0.328 e. The van der Waals surface area contributed by atoms with E-state index in [2.05, 4.69) is 20.8 Å². The molecule has 2 fully saturated rings. The number of rotatable bonds is 4. The fourth-order valence-corrected chi connectivity index (χ4v) is 6.17. The molecule has 2 aliphatic carbocycles. The number of aliphatic carboxylic acids is 1. The van der Waals surface area contributed by atoms with Crippen molar-refractivity contribution in [3.8, 4) is 0 Å². The number of aliphatic hydroxyl groups excluding tert-OH is 1. The molecule has 0 heterocycles. The van der Waals surface area contributed by atoms with E-state index in [4.69, 9.17) is 5.11 Å². The molecule has 0 radical (unpaired) electrons. The van der Waals surface area contributed by atoms with Gasteiger partial charge in [-0.15, -0.1) is 0 Å². The molecule has 2 saturated carbocycles. The minimum Gasteiger partial charge on any atom is -0.478 e. The van der Waals surface area contributed by atoms with Gasteiger partial charge in [0.05, 0.1) is 11.7 Å². The summed E-state index contributed by atoms with van der Waals surface area (Å²) in [6.07, 6.45) is 5.86. The van der Waals surface area contributed by atoms with Crippen LogP contribution in [0.2, 0.25) is 0 Å². The van der Waals surface area contributed by atoms with Crippen molar-refractivity contribution in [2.75, 3.05) is 0 Å². The highest BCUT2D eigenvalue weighted by atomic mass is 16.4. The Labute approximate surface area is 146 Å². The van der Waals surface area contributed by atoms with Gasteiger partial charge in [-0.1, -0.05) is 32.8 Å². The predicted molar refractivity (Wildman–Crippen MR) is 94.6 cm³/mol. The number of carboxylic acid groups (broad SMARTS) is 1. The number of hydrogen-bond donors (Lipinski definition) is 3. The molecule has 3 N–H and O–H groups in total. The molecule has 0 aromatic rings. The van der Waals surface area contributed by atoms with E-state index in [1.807, 2.05) is 13.8 Å². The summed E-state index contributed by atoms with van der Waals surface area (Å²) in [5.41, 5.74) is -0.138. The molecule has 138 valence electrons. The lowest BCUT2D eigenvalue weighted by atomic mass is 9.44. The lowest BCUT2D eigenvalue weighted by Crippen LogP contribution is -2.62. The molecule has 4 heteroatoms. The molecule has 2 rings (SSSR count). The zero-order valence-corrected chi connectivity index (χ0v) is 15.8. The summed E-state index contributed by atoms with van der Waals surface area (Å²) in [5.74, 6) is -0.677. The molecular formula is C20H34O4. The predicted octanol–water partition coefficient (Wildman–Crippen LogP) is 3.76. The van der Waals surface area contributed by atoms with Gasteiger partial charge in [-0.3, -0.25) is 0 Å². The van der Waals surface area contributed by atoms with Gasteiger partial charge in [0.1, 0.15) is 0 Å². The highest BCUT2D eigenvalue weighted by Crippen LogP contribution is 2.62. The van der Waals surface area contributed by atoms with E-state index in [1.54, 1.807) is 0 Å². The maximum absolute atomic E-state index is 11.1. The third-order valence-corrected chi connectivity index (χ3v) is 6.84. The van der Waals surface area contributed by atoms with Crippen molar-refractivity contribution in [2.45, 2.75) is 84.8 Å². The summed E-state index contributed by atoms with van der Waals surface area (Å²) in [6.45, 7) is 10.4. The zero-order valence-electron chi connectivity index (χ0n) is 15.8. The Balaban J connectivity index is 2.31. The Bertz CT molecular complexity index is 520. The Morgan fingerprint density at radius 3 is 2.42 bits per heavy atom. The van der Waals surface area contributed by atoms with Crippen molar-refractivity contribution in [2.24, 2.45) is 22.7 Å². The summed E-state index contributed by atoms with van der Waals surface area (Å²) in [4.78, 5) is 10.8. The van der Waals surface area contributed by atoms with E-state index in [0.717, 1.165) is 31.3 Å². The van der Waals surface area contributed by atoms with Crippen LogP contribution in [0.1, 0.15) is 73.1 Å². The van der Waals surface area contributed by atoms with E-state index in [0.29, 0.717) is 12.8 Å². The van der Waals surface area contributed by atoms with Gasteiger partial charge in [0, 0.05) is 12.5 Å². The first-order valence-electron chi connectivity index (χ1n) is 9.21. The maximum Gasteiger partial charge on any atom is 0.328 e. The lowest BCUT2D eigenvalue weighted by Gasteiger charge is -2.63. The first-order valence-corrected chi connectivity index (χ1v) is 9.21. The topological polar surface area (TPSA) is 77.8 Å². The summed E-state index contributed by atoms with van der Waals surface area (Å²) in [7, 11) is 0. The van der Waals surface area contributed by atoms with E-state index < -0.39 is 17.7 Å². The van der Waals surface area contributed by atoms with Crippen molar-refractivity contribution >= 4 is 5.97 Å². The highest BCUT2D eigenvalue weighted by Gasteiger charge is 2.60. The molecule has 0 aromatic heterocycles. The van der Waals surface area contributed by atoms with Gasteiger partial charge in [0.2, 0.25) is 0 Å². The second-order valence-electron chi connectivity index (χ2n) is 9.37. The molecule has 0 saturated heterocycles. The average Bonchev–Trinajstić information content (AvgIpc) is 2.33. The zero-order chi connectivity index (χ0) is 18.3. The Morgan fingerprint density at radius 1 is 1.21 bits per heavy atom. The fraction of sp³-hybridized carbons (Fsp3) is 0.850. The highest BCUT2D eigenvalue weighted by molar-refractivity contribution is 5.80. The first kappa shape index (κ1) is 19.5. The van der Waals surface area contributed by atoms with Crippen LogP contribution in [0.15, 0.2) is 11.6 Å². The van der Waals surface area contributed by atoms with Crippen LogP contribution in [0, 0.1) is 22.7 Å². The van der Waals surface area contributed by atoms with Crippen LogP contribution in [-0.4, -0.2) is 33.0 Å². The minimum absolute atomic E-state index is 0.0626. The van der Waals surface area contributed by atoms with E-state index in [9.17, 15) is 15.0 Å². The lowest BCUT2D eigenvalue weighted by molar-refractivity contribution is -0.214. The molecule has 24 heavy (non-hydrogen) atoms. The summed E-state index contributed by atoms with van der Waals surface area (Å²) >= 11 is 0. The SMILES string of the molecule is CC(=CC(=O)O)CCC1C(C)(O)CC(O)C2C(C)(C)CCCC21C. The van der Waals surface area contributed by atoms with Crippen molar-refractivity contribution in [1.29, 1.82) is 0 Å². The van der Waals surface area contributed by atoms with E-state index in [-0.39, 0.29) is 22.7 Å². The van der Waals surface area contributed by atoms with Gasteiger partial charge in [-0.25, -0.2) is 4.79 Å². The fourth-order valence-electron chi connectivity index (χ4n) is 6.17. The van der Waals surface area contributed by atoms with E-state index in [1.165, 1.54) is 6.08 Å². The van der Waals surface area contributed by atoms with E-state index >= 15 is 0 Å². The Morgan fingerprint density at radius 2 is 1.83 bits per heavy atom. The van der Waals surface area contributed by atoms with Gasteiger partial charge < -0.3 is 15.3 Å². The standard InChI is InChI=1S/C20H34O4/c1-13(11-16(22)23)7-8-15-19(4)10-6-9-18(2,3)17(19)14(21)12-20(15,5)24/h11,14-15,17,21,24H,6-10,12H2,1-5H3,(H,22,23). The van der Waals surface area contributed by atoms with Gasteiger partial charge in [-0.2, -0.15) is 0 Å². The van der Waals surface area contributed by atoms with Gasteiger partial charge in [-0.05, 0) is 62.2 Å². The van der Waals surface area contributed by atoms with Gasteiger partial charge in [0.15, 0.2) is 0 Å². The maximum atomic E-state index is 11.1. The van der Waals surface area contributed by atoms with Crippen molar-refractivity contribution < 1.29 is 20.1 Å². The number of carbonyl (C=O) groups is 1. The Kier molecular flexibility index (Phi) is 5.23. The molecule has 5 unspecified atom stereocenters. The first-order chi connectivity index (χ1) is 10.9. The van der Waals surface area contributed by atoms with Crippen LogP contribution >= 0.6 is 0 Å². The number of aliphatic hydroxyl groups is 2. The van der Waals surface area contributed by atoms with Crippen LogP contribution < -0.4 is 0 Å². The molecule has 4 nitrogen and oxygen atoms in total. The second kappa shape index (κ2) is 6.45. The molecule has 2 aliphatic rings. The van der Waals surface area contributed by atoms with Crippen molar-refractivity contribution in [1.82, 2.24) is 0 Å². The van der Waals surface area contributed by atoms with Crippen LogP contribution in [0.4, 0.5) is 0 Å². The third-order valence-electron chi connectivity index (χ3n) is 6.84. The largest absolute Gasteiger partial charge is 0.478 e. The number of allylic oxidation sites excluding steroid dienone is 1. The van der Waals surface area contributed by atoms with Gasteiger partial charge in [0.25, 0.3) is 0 Å². The average molecular weight is 338 g/mol. The van der Waals surface area contributed by atoms with Crippen LogP contribution in [0.3, 0.4) is 0 Å². The Hall–Kier alpha value is -0.870. The summed E-state index contributed by atoms with van der Waals surface area (Å²) in [5, 5.41) is 30.8. The van der Waals surface area contributed by atoms with Gasteiger partial charge >= 0.3 is 5.97 Å². The van der Waals surface area contributed by atoms with Crippen molar-refractivity contribution in [3.63, 3.8) is 0 Å². The number of hydrogen-bond acceptors (Lipinski definition) is 3. The third kappa shape index (κ3) is 3.55. The second-order valence-corrected chi connectivity index (χ2v) is 9.37. The quantitative estimate of drug-likeness (QED) is 0.682. The molecule has 5 atom stereocenters. The molecular weight excluding hydrogens is 304 g/mol.